The zero-order valence-electron chi connectivity index (χ0n) is 17.6. The lowest BCUT2D eigenvalue weighted by atomic mass is 9.99. The molecule has 1 atom stereocenters. The molecule has 3 fully saturated rings. The maximum absolute atomic E-state index is 3.90. The summed E-state index contributed by atoms with van der Waals surface area (Å²) in [5, 5.41) is 3.90. The SMILES string of the molecule is CP(CCNCCP(C1CCCCC1)C1CCCCC1)C1CCCCC1. The fraction of sp³-hybridized carbons (Fsp3) is 1.00. The second-order valence-electron chi connectivity index (χ2n) is 9.34. The number of hydrogen-bond acceptors (Lipinski definition) is 1. The van der Waals surface area contributed by atoms with E-state index in [0.29, 0.717) is 7.92 Å². The first-order valence-electron chi connectivity index (χ1n) is 12.0. The van der Waals surface area contributed by atoms with Crippen LogP contribution in [0.2, 0.25) is 0 Å². The van der Waals surface area contributed by atoms with Crippen molar-refractivity contribution >= 4 is 15.8 Å². The quantitative estimate of drug-likeness (QED) is 0.321. The summed E-state index contributed by atoms with van der Waals surface area (Å²) in [5.74, 6) is 0. The Morgan fingerprint density at radius 1 is 0.577 bits per heavy atom. The van der Waals surface area contributed by atoms with Crippen molar-refractivity contribution in [2.45, 2.75) is 113 Å². The molecule has 0 bridgehead atoms. The van der Waals surface area contributed by atoms with Crippen LogP contribution in [0.1, 0.15) is 96.3 Å². The van der Waals surface area contributed by atoms with Crippen LogP contribution in [0.15, 0.2) is 0 Å². The molecular weight excluding hydrogens is 352 g/mol. The lowest BCUT2D eigenvalue weighted by molar-refractivity contribution is 0.483. The van der Waals surface area contributed by atoms with Crippen LogP contribution < -0.4 is 5.32 Å². The molecule has 3 rings (SSSR count). The molecule has 152 valence electrons. The highest BCUT2D eigenvalue weighted by molar-refractivity contribution is 7.59. The number of hydrogen-bond donors (Lipinski definition) is 1. The molecule has 0 saturated heterocycles. The molecule has 0 amide bonds. The Balaban J connectivity index is 1.36. The highest BCUT2D eigenvalue weighted by Crippen LogP contribution is 2.55. The van der Waals surface area contributed by atoms with Gasteiger partial charge in [-0.25, -0.2) is 0 Å². The van der Waals surface area contributed by atoms with Crippen molar-refractivity contribution in [3.63, 3.8) is 0 Å². The maximum atomic E-state index is 3.90. The third-order valence-electron chi connectivity index (χ3n) is 7.47. The van der Waals surface area contributed by atoms with Crippen LogP contribution in [-0.4, -0.2) is 49.1 Å². The average Bonchev–Trinajstić information content (AvgIpc) is 2.72. The summed E-state index contributed by atoms with van der Waals surface area (Å²) >= 11 is 0. The van der Waals surface area contributed by atoms with Gasteiger partial charge in [0, 0.05) is 0 Å². The van der Waals surface area contributed by atoms with Gasteiger partial charge in [0.15, 0.2) is 0 Å². The van der Waals surface area contributed by atoms with Gasteiger partial charge in [-0.15, -0.1) is 7.92 Å². The number of rotatable bonds is 9. The largest absolute Gasteiger partial charge is 0.316 e. The number of nitrogens with one attached hydrogen (secondary N) is 1. The van der Waals surface area contributed by atoms with E-state index in [-0.39, 0.29) is 7.92 Å². The van der Waals surface area contributed by atoms with Crippen LogP contribution in [0.25, 0.3) is 0 Å². The molecule has 0 aliphatic heterocycles. The first-order valence-corrected chi connectivity index (χ1v) is 15.7. The third kappa shape index (κ3) is 7.01. The Bertz CT molecular complexity index is 339. The van der Waals surface area contributed by atoms with Crippen LogP contribution in [0.4, 0.5) is 0 Å². The van der Waals surface area contributed by atoms with E-state index in [1.54, 1.807) is 25.7 Å². The molecule has 1 unspecified atom stereocenters. The van der Waals surface area contributed by atoms with E-state index in [2.05, 4.69) is 12.0 Å². The van der Waals surface area contributed by atoms with Gasteiger partial charge in [0.05, 0.1) is 0 Å². The lowest BCUT2D eigenvalue weighted by Gasteiger charge is -2.38. The van der Waals surface area contributed by atoms with E-state index in [9.17, 15) is 0 Å². The second kappa shape index (κ2) is 12.4. The monoisotopic (exact) mass is 397 g/mol. The Kier molecular flexibility index (Phi) is 10.3. The molecule has 1 nitrogen and oxygen atoms in total. The Morgan fingerprint density at radius 3 is 1.50 bits per heavy atom. The van der Waals surface area contributed by atoms with Gasteiger partial charge in [-0.2, -0.15) is 0 Å². The molecule has 0 aromatic rings. The van der Waals surface area contributed by atoms with Crippen LogP contribution in [0.5, 0.6) is 0 Å². The van der Waals surface area contributed by atoms with Gasteiger partial charge < -0.3 is 5.32 Å². The molecule has 3 heteroatoms. The van der Waals surface area contributed by atoms with E-state index >= 15 is 0 Å². The molecule has 1 N–H and O–H groups in total. The van der Waals surface area contributed by atoms with Crippen molar-refractivity contribution in [2.24, 2.45) is 0 Å². The summed E-state index contributed by atoms with van der Waals surface area (Å²) in [7, 11) is 0.590. The molecule has 26 heavy (non-hydrogen) atoms. The normalized spacial score (nSPS) is 25.6. The van der Waals surface area contributed by atoms with Crippen LogP contribution >= 0.6 is 15.8 Å². The van der Waals surface area contributed by atoms with Crippen molar-refractivity contribution in [2.75, 3.05) is 32.1 Å². The highest BCUT2D eigenvalue weighted by Gasteiger charge is 2.30. The van der Waals surface area contributed by atoms with Gasteiger partial charge in [-0.1, -0.05) is 65.7 Å². The fourth-order valence-electron chi connectivity index (χ4n) is 5.78. The first-order chi connectivity index (χ1) is 12.8. The van der Waals surface area contributed by atoms with Gasteiger partial charge in [0.25, 0.3) is 0 Å². The molecule has 0 heterocycles. The minimum absolute atomic E-state index is 0.288. The van der Waals surface area contributed by atoms with Gasteiger partial charge in [0.2, 0.25) is 0 Å². The standard InChI is InChI=1S/C23H45NP2/c1-25(21-11-5-2-6-12-21)19-17-24-18-20-26(22-13-7-3-8-14-22)23-15-9-4-10-16-23/h21-24H,2-20H2,1H3. The van der Waals surface area contributed by atoms with Crippen molar-refractivity contribution in [1.29, 1.82) is 0 Å². The summed E-state index contributed by atoms with van der Waals surface area (Å²) in [5.41, 5.74) is 3.37. The average molecular weight is 398 g/mol. The molecule has 0 radical (unpaired) electrons. The third-order valence-corrected chi connectivity index (χ3v) is 13.8. The van der Waals surface area contributed by atoms with E-state index in [1.807, 2.05) is 0 Å². The zero-order chi connectivity index (χ0) is 18.0. The van der Waals surface area contributed by atoms with Gasteiger partial charge in [0.1, 0.15) is 0 Å². The zero-order valence-corrected chi connectivity index (χ0v) is 19.4. The van der Waals surface area contributed by atoms with E-state index in [1.165, 1.54) is 96.0 Å². The summed E-state index contributed by atoms with van der Waals surface area (Å²) in [6.07, 6.45) is 26.1. The molecule has 0 aromatic heterocycles. The van der Waals surface area contributed by atoms with Crippen molar-refractivity contribution in [1.82, 2.24) is 5.32 Å². The topological polar surface area (TPSA) is 12.0 Å². The fourth-order valence-corrected chi connectivity index (χ4v) is 11.7. The summed E-state index contributed by atoms with van der Waals surface area (Å²) in [6, 6.07) is 0. The van der Waals surface area contributed by atoms with E-state index in [4.69, 9.17) is 0 Å². The summed E-state index contributed by atoms with van der Waals surface area (Å²) < 4.78 is 0. The van der Waals surface area contributed by atoms with Crippen molar-refractivity contribution in [3.8, 4) is 0 Å². The van der Waals surface area contributed by atoms with E-state index < -0.39 is 0 Å². The molecule has 3 aliphatic rings. The van der Waals surface area contributed by atoms with Gasteiger partial charge in [-0.3, -0.25) is 0 Å². The van der Waals surface area contributed by atoms with E-state index in [0.717, 1.165) is 17.0 Å². The Hall–Kier alpha value is 0.820. The molecule has 3 aliphatic carbocycles. The second-order valence-corrected chi connectivity index (χ2v) is 15.0. The highest BCUT2D eigenvalue weighted by atomic mass is 31.1. The van der Waals surface area contributed by atoms with Crippen LogP contribution in [-0.2, 0) is 0 Å². The first kappa shape index (κ1) is 21.5. The van der Waals surface area contributed by atoms with Crippen molar-refractivity contribution in [3.05, 3.63) is 0 Å². The Morgan fingerprint density at radius 2 is 1.00 bits per heavy atom. The van der Waals surface area contributed by atoms with Gasteiger partial charge >= 0.3 is 0 Å². The molecule has 3 saturated carbocycles. The summed E-state index contributed by atoms with van der Waals surface area (Å²) in [6.45, 7) is 5.22. The van der Waals surface area contributed by atoms with Gasteiger partial charge in [-0.05, 0) is 87.6 Å². The Labute approximate surface area is 166 Å². The molecule has 0 aromatic carbocycles. The predicted octanol–water partition coefficient (Wildman–Crippen LogP) is 7.17. The molecule has 0 spiro atoms. The lowest BCUT2D eigenvalue weighted by Crippen LogP contribution is -2.28. The van der Waals surface area contributed by atoms with Crippen LogP contribution in [0, 0.1) is 0 Å². The minimum atomic E-state index is 0.288. The minimum Gasteiger partial charge on any atom is -0.316 e. The maximum Gasteiger partial charge on any atom is -0.000916 e. The van der Waals surface area contributed by atoms with Crippen molar-refractivity contribution < 1.29 is 0 Å². The van der Waals surface area contributed by atoms with Crippen LogP contribution in [0.3, 0.4) is 0 Å². The molecular formula is C23H45NP2. The smallest absolute Gasteiger partial charge is 0.000916 e. The summed E-state index contributed by atoms with van der Waals surface area (Å²) in [4.78, 5) is 0. The predicted molar refractivity (Wildman–Crippen MR) is 123 cm³/mol.